The Hall–Kier alpha value is -2.30. The maximum Gasteiger partial charge on any atom is 0.271 e. The highest BCUT2D eigenvalue weighted by molar-refractivity contribution is 6.07. The van der Waals surface area contributed by atoms with E-state index < -0.39 is 0 Å². The average Bonchev–Trinajstić information content (AvgIpc) is 2.93. The van der Waals surface area contributed by atoms with Gasteiger partial charge < -0.3 is 14.9 Å². The molecule has 1 atom stereocenters. The van der Waals surface area contributed by atoms with Crippen molar-refractivity contribution in [1.29, 1.82) is 0 Å². The van der Waals surface area contributed by atoms with Crippen LogP contribution in [0.25, 0.3) is 6.08 Å². The van der Waals surface area contributed by atoms with Gasteiger partial charge in [0.15, 0.2) is 0 Å². The van der Waals surface area contributed by atoms with E-state index in [0.29, 0.717) is 12.2 Å². The van der Waals surface area contributed by atoms with Gasteiger partial charge in [0, 0.05) is 13.6 Å². The first kappa shape index (κ1) is 12.7. The summed E-state index contributed by atoms with van der Waals surface area (Å²) in [6.45, 7) is 0.649. The highest BCUT2D eigenvalue weighted by Gasteiger charge is 2.43. The van der Waals surface area contributed by atoms with Crippen molar-refractivity contribution in [1.82, 2.24) is 9.80 Å². The van der Waals surface area contributed by atoms with Crippen LogP contribution in [0.5, 0.6) is 5.75 Å². The van der Waals surface area contributed by atoms with Crippen molar-refractivity contribution in [2.75, 3.05) is 13.6 Å². The van der Waals surface area contributed by atoms with Gasteiger partial charge in [-0.15, -0.1) is 0 Å². The van der Waals surface area contributed by atoms with E-state index in [0.717, 1.165) is 18.4 Å². The van der Waals surface area contributed by atoms with E-state index in [9.17, 15) is 14.7 Å². The summed E-state index contributed by atoms with van der Waals surface area (Å²) in [5, 5.41) is 9.27. The van der Waals surface area contributed by atoms with Crippen LogP contribution in [0.3, 0.4) is 0 Å². The van der Waals surface area contributed by atoms with E-state index in [4.69, 9.17) is 0 Å². The predicted octanol–water partition coefficient (Wildman–Crippen LogP) is 1.20. The van der Waals surface area contributed by atoms with Crippen molar-refractivity contribution >= 4 is 17.9 Å². The Balaban J connectivity index is 1.97. The molecule has 0 aromatic heterocycles. The zero-order valence-corrected chi connectivity index (χ0v) is 11.2. The molecule has 2 aliphatic heterocycles. The Kier molecular flexibility index (Phi) is 2.97. The maximum atomic E-state index is 12.4. The summed E-state index contributed by atoms with van der Waals surface area (Å²) in [7, 11) is 1.64. The number of hydrogen-bond donors (Lipinski definition) is 1. The first-order valence-corrected chi connectivity index (χ1v) is 6.67. The lowest BCUT2D eigenvalue weighted by atomic mass is 10.1. The number of phenolic OH excluding ortho intramolecular Hbond substituents is 1. The molecule has 1 aromatic carbocycles. The van der Waals surface area contributed by atoms with Gasteiger partial charge in [-0.25, -0.2) is 0 Å². The Bertz CT molecular complexity index is 592. The van der Waals surface area contributed by atoms with Crippen LogP contribution in [0.4, 0.5) is 0 Å². The normalized spacial score (nSPS) is 24.4. The highest BCUT2D eigenvalue weighted by Crippen LogP contribution is 2.28. The summed E-state index contributed by atoms with van der Waals surface area (Å²) < 4.78 is 0. The standard InChI is InChI=1S/C15H16N2O3/c1-16-13(9-10-4-6-11(18)7-5-10)15(20)17-8-2-3-12(17)14(16)19/h4-7,9,12,18H,2-3,8H2,1H3/t12-/m1/s1. The number of carbonyl (C=O) groups excluding carboxylic acids is 2. The molecule has 2 amide bonds. The molecule has 0 radical (unpaired) electrons. The van der Waals surface area contributed by atoms with Crippen LogP contribution >= 0.6 is 0 Å². The second-order valence-corrected chi connectivity index (χ2v) is 5.17. The lowest BCUT2D eigenvalue weighted by Crippen LogP contribution is -2.54. The molecule has 2 aliphatic rings. The van der Waals surface area contributed by atoms with Crippen LogP contribution in [0.1, 0.15) is 18.4 Å². The third-order valence-electron chi connectivity index (χ3n) is 3.91. The molecule has 5 heteroatoms. The van der Waals surface area contributed by atoms with E-state index in [2.05, 4.69) is 0 Å². The van der Waals surface area contributed by atoms with E-state index in [1.165, 1.54) is 4.90 Å². The predicted molar refractivity (Wildman–Crippen MR) is 73.6 cm³/mol. The van der Waals surface area contributed by atoms with E-state index >= 15 is 0 Å². The monoisotopic (exact) mass is 272 g/mol. The minimum Gasteiger partial charge on any atom is -0.508 e. The zero-order chi connectivity index (χ0) is 14.3. The molecule has 20 heavy (non-hydrogen) atoms. The van der Waals surface area contributed by atoms with Crippen LogP contribution in [0.15, 0.2) is 30.0 Å². The van der Waals surface area contributed by atoms with Gasteiger partial charge in [-0.1, -0.05) is 12.1 Å². The molecule has 2 saturated heterocycles. The number of piperazine rings is 1. The SMILES string of the molecule is CN1C(=O)[C@H]2CCCN2C(=O)C1=Cc1ccc(O)cc1. The number of carbonyl (C=O) groups is 2. The van der Waals surface area contributed by atoms with Gasteiger partial charge in [-0.3, -0.25) is 9.59 Å². The smallest absolute Gasteiger partial charge is 0.271 e. The second-order valence-electron chi connectivity index (χ2n) is 5.17. The minimum atomic E-state index is -0.288. The number of amides is 2. The van der Waals surface area contributed by atoms with E-state index in [-0.39, 0.29) is 23.6 Å². The highest BCUT2D eigenvalue weighted by atomic mass is 16.3. The largest absolute Gasteiger partial charge is 0.508 e. The topological polar surface area (TPSA) is 60.9 Å². The Morgan fingerprint density at radius 2 is 1.95 bits per heavy atom. The summed E-state index contributed by atoms with van der Waals surface area (Å²) >= 11 is 0. The van der Waals surface area contributed by atoms with Crippen molar-refractivity contribution in [3.05, 3.63) is 35.5 Å². The van der Waals surface area contributed by atoms with Crippen molar-refractivity contribution in [3.8, 4) is 5.75 Å². The number of hydrogen-bond acceptors (Lipinski definition) is 3. The van der Waals surface area contributed by atoms with Gasteiger partial charge in [-0.05, 0) is 36.6 Å². The molecule has 0 bridgehead atoms. The second kappa shape index (κ2) is 4.67. The van der Waals surface area contributed by atoms with E-state index in [1.54, 1.807) is 42.3 Å². The number of nitrogens with zero attached hydrogens (tertiary/aromatic N) is 2. The fraction of sp³-hybridized carbons (Fsp3) is 0.333. The lowest BCUT2D eigenvalue weighted by Gasteiger charge is -2.36. The lowest BCUT2D eigenvalue weighted by molar-refractivity contribution is -0.147. The summed E-state index contributed by atoms with van der Waals surface area (Å²) in [6, 6.07) is 6.25. The fourth-order valence-corrected chi connectivity index (χ4v) is 2.79. The molecule has 2 heterocycles. The molecule has 0 unspecified atom stereocenters. The molecule has 0 saturated carbocycles. The molecular weight excluding hydrogens is 256 g/mol. The molecule has 1 N–H and O–H groups in total. The molecule has 2 fully saturated rings. The van der Waals surface area contributed by atoms with E-state index in [1.807, 2.05) is 0 Å². The summed E-state index contributed by atoms with van der Waals surface area (Å²) in [6.07, 6.45) is 3.32. The molecule has 104 valence electrons. The number of likely N-dealkylation sites (N-methyl/N-ethyl adjacent to an activating group) is 1. The average molecular weight is 272 g/mol. The number of aromatic hydroxyl groups is 1. The van der Waals surface area contributed by atoms with Gasteiger partial charge in [0.25, 0.3) is 5.91 Å². The third kappa shape index (κ3) is 1.95. The minimum absolute atomic E-state index is 0.0212. The Labute approximate surface area is 117 Å². The van der Waals surface area contributed by atoms with Crippen LogP contribution in [-0.2, 0) is 9.59 Å². The number of benzene rings is 1. The molecule has 0 spiro atoms. The zero-order valence-electron chi connectivity index (χ0n) is 11.2. The summed E-state index contributed by atoms with van der Waals surface area (Å²) in [5.41, 5.74) is 1.17. The van der Waals surface area contributed by atoms with Gasteiger partial charge in [0.2, 0.25) is 5.91 Å². The maximum absolute atomic E-state index is 12.4. The van der Waals surface area contributed by atoms with Gasteiger partial charge in [-0.2, -0.15) is 0 Å². The molecule has 5 nitrogen and oxygen atoms in total. The van der Waals surface area contributed by atoms with Crippen molar-refractivity contribution in [2.45, 2.75) is 18.9 Å². The van der Waals surface area contributed by atoms with Crippen molar-refractivity contribution < 1.29 is 14.7 Å². The number of rotatable bonds is 1. The number of fused-ring (bicyclic) bond motifs is 1. The van der Waals surface area contributed by atoms with Crippen LogP contribution in [-0.4, -0.2) is 46.4 Å². The quantitative estimate of drug-likeness (QED) is 0.781. The fourth-order valence-electron chi connectivity index (χ4n) is 2.79. The van der Waals surface area contributed by atoms with Crippen molar-refractivity contribution in [3.63, 3.8) is 0 Å². The van der Waals surface area contributed by atoms with Crippen LogP contribution in [0, 0.1) is 0 Å². The number of phenols is 1. The molecule has 0 aliphatic carbocycles. The molecule has 1 aromatic rings. The van der Waals surface area contributed by atoms with Gasteiger partial charge in [0.05, 0.1) is 0 Å². The van der Waals surface area contributed by atoms with Crippen LogP contribution < -0.4 is 0 Å². The summed E-state index contributed by atoms with van der Waals surface area (Å²) in [5.74, 6) is 0.0564. The first-order valence-electron chi connectivity index (χ1n) is 6.67. The van der Waals surface area contributed by atoms with Crippen LogP contribution in [0.2, 0.25) is 0 Å². The summed E-state index contributed by atoms with van der Waals surface area (Å²) in [4.78, 5) is 27.8. The van der Waals surface area contributed by atoms with Crippen molar-refractivity contribution in [2.24, 2.45) is 0 Å². The Morgan fingerprint density at radius 1 is 1.25 bits per heavy atom. The Morgan fingerprint density at radius 3 is 2.65 bits per heavy atom. The third-order valence-corrected chi connectivity index (χ3v) is 3.91. The first-order chi connectivity index (χ1) is 9.58. The molecule has 3 rings (SSSR count). The van der Waals surface area contributed by atoms with Gasteiger partial charge >= 0.3 is 0 Å². The molecular formula is C15H16N2O3. The van der Waals surface area contributed by atoms with Gasteiger partial charge in [0.1, 0.15) is 17.5 Å².